The van der Waals surface area contributed by atoms with Crippen molar-refractivity contribution >= 4 is 10.0 Å². The minimum absolute atomic E-state index is 0.0634. The van der Waals surface area contributed by atoms with Gasteiger partial charge in [0.15, 0.2) is 0 Å². The van der Waals surface area contributed by atoms with Gasteiger partial charge in [0.2, 0.25) is 10.0 Å². The van der Waals surface area contributed by atoms with Gasteiger partial charge in [0.05, 0.1) is 17.6 Å². The quantitative estimate of drug-likeness (QED) is 0.735. The number of ether oxygens (including phenoxy) is 1. The predicted molar refractivity (Wildman–Crippen MR) is 51.4 cm³/mol. The van der Waals surface area contributed by atoms with E-state index in [1.165, 1.54) is 0 Å². The summed E-state index contributed by atoms with van der Waals surface area (Å²) in [6.07, 6.45) is 0.0634. The Morgan fingerprint density at radius 1 is 1.36 bits per heavy atom. The molecule has 0 radical (unpaired) electrons. The van der Waals surface area contributed by atoms with E-state index in [-0.39, 0.29) is 6.10 Å². The first-order chi connectivity index (χ1) is 6.68. The van der Waals surface area contributed by atoms with Crippen molar-refractivity contribution in [1.82, 2.24) is 4.72 Å². The summed E-state index contributed by atoms with van der Waals surface area (Å²) in [6, 6.07) is 8.31. The third-order valence-corrected chi connectivity index (χ3v) is 3.40. The molecule has 0 spiro atoms. The van der Waals surface area contributed by atoms with Gasteiger partial charge in [0.25, 0.3) is 0 Å². The number of epoxide rings is 1. The molecule has 1 heterocycles. The van der Waals surface area contributed by atoms with Crippen LogP contribution >= 0.6 is 0 Å². The first-order valence-corrected chi connectivity index (χ1v) is 5.83. The molecule has 76 valence electrons. The molecular formula is C9H11NO3S. The Morgan fingerprint density at radius 2 is 2.00 bits per heavy atom. The predicted octanol–water partition coefficient (Wildman–Crippen LogP) is 0.364. The van der Waals surface area contributed by atoms with E-state index in [1.807, 2.05) is 0 Å². The van der Waals surface area contributed by atoms with Gasteiger partial charge >= 0.3 is 0 Å². The Morgan fingerprint density at radius 3 is 2.57 bits per heavy atom. The van der Waals surface area contributed by atoms with Crippen molar-refractivity contribution in [1.29, 1.82) is 0 Å². The zero-order valence-electron chi connectivity index (χ0n) is 7.51. The molecule has 0 aliphatic carbocycles. The normalized spacial score (nSPS) is 20.7. The molecule has 5 heteroatoms. The smallest absolute Gasteiger partial charge is 0.240 e. The van der Waals surface area contributed by atoms with Gasteiger partial charge in [0, 0.05) is 6.54 Å². The molecule has 1 aromatic carbocycles. The lowest BCUT2D eigenvalue weighted by Gasteiger charge is -2.04. The molecule has 1 aromatic rings. The Kier molecular flexibility index (Phi) is 2.54. The third kappa shape index (κ3) is 2.31. The molecule has 0 aromatic heterocycles. The second-order valence-corrected chi connectivity index (χ2v) is 4.89. The van der Waals surface area contributed by atoms with Gasteiger partial charge in [0.1, 0.15) is 0 Å². The maximum absolute atomic E-state index is 11.6. The lowest BCUT2D eigenvalue weighted by molar-refractivity contribution is 0.406. The van der Waals surface area contributed by atoms with E-state index < -0.39 is 10.0 Å². The maximum Gasteiger partial charge on any atom is 0.240 e. The van der Waals surface area contributed by atoms with Crippen LogP contribution in [0.2, 0.25) is 0 Å². The van der Waals surface area contributed by atoms with Crippen LogP contribution in [0.4, 0.5) is 0 Å². The van der Waals surface area contributed by atoms with Gasteiger partial charge in [-0.15, -0.1) is 0 Å². The van der Waals surface area contributed by atoms with Crippen LogP contribution in [0.3, 0.4) is 0 Å². The lowest BCUT2D eigenvalue weighted by atomic mass is 10.4. The average molecular weight is 213 g/mol. The van der Waals surface area contributed by atoms with Crippen LogP contribution in [0.5, 0.6) is 0 Å². The Labute approximate surface area is 82.9 Å². The van der Waals surface area contributed by atoms with E-state index in [1.54, 1.807) is 30.3 Å². The van der Waals surface area contributed by atoms with Crippen LogP contribution < -0.4 is 4.72 Å². The molecule has 14 heavy (non-hydrogen) atoms. The minimum Gasteiger partial charge on any atom is -0.372 e. The monoisotopic (exact) mass is 213 g/mol. The molecule has 1 fully saturated rings. The number of hydrogen-bond donors (Lipinski definition) is 1. The molecular weight excluding hydrogens is 202 g/mol. The van der Waals surface area contributed by atoms with E-state index in [0.29, 0.717) is 18.0 Å². The summed E-state index contributed by atoms with van der Waals surface area (Å²) in [6.45, 7) is 1.01. The fourth-order valence-electron chi connectivity index (χ4n) is 1.07. The van der Waals surface area contributed by atoms with Crippen molar-refractivity contribution in [2.75, 3.05) is 13.2 Å². The van der Waals surface area contributed by atoms with Crippen LogP contribution in [-0.2, 0) is 14.8 Å². The molecule has 0 saturated carbocycles. The third-order valence-electron chi connectivity index (χ3n) is 1.96. The fourth-order valence-corrected chi connectivity index (χ4v) is 2.16. The highest BCUT2D eigenvalue weighted by molar-refractivity contribution is 7.89. The van der Waals surface area contributed by atoms with Crippen LogP contribution in [0.15, 0.2) is 35.2 Å². The summed E-state index contributed by atoms with van der Waals surface area (Å²) in [4.78, 5) is 0.292. The summed E-state index contributed by atoms with van der Waals surface area (Å²) in [5, 5.41) is 0. The zero-order valence-corrected chi connectivity index (χ0v) is 8.33. The average Bonchev–Trinajstić information content (AvgIpc) is 3.00. The van der Waals surface area contributed by atoms with Crippen LogP contribution in [0.1, 0.15) is 0 Å². The Hall–Kier alpha value is -0.910. The van der Waals surface area contributed by atoms with Crippen LogP contribution in [0, 0.1) is 0 Å². The molecule has 1 N–H and O–H groups in total. The summed E-state index contributed by atoms with van der Waals surface area (Å²) in [5.41, 5.74) is 0. The van der Waals surface area contributed by atoms with E-state index in [0.717, 1.165) is 0 Å². The maximum atomic E-state index is 11.6. The molecule has 1 aliphatic heterocycles. The summed E-state index contributed by atoms with van der Waals surface area (Å²) < 4.78 is 30.6. The van der Waals surface area contributed by atoms with Crippen molar-refractivity contribution in [3.05, 3.63) is 30.3 Å². The summed E-state index contributed by atoms with van der Waals surface area (Å²) in [5.74, 6) is 0. The molecule has 2 rings (SSSR count). The van der Waals surface area contributed by atoms with Crippen molar-refractivity contribution < 1.29 is 13.2 Å². The zero-order chi connectivity index (χ0) is 10.0. The molecule has 0 unspecified atom stereocenters. The van der Waals surface area contributed by atoms with Crippen molar-refractivity contribution in [3.63, 3.8) is 0 Å². The number of sulfonamides is 1. The highest BCUT2D eigenvalue weighted by Crippen LogP contribution is 2.10. The van der Waals surface area contributed by atoms with Gasteiger partial charge in [-0.1, -0.05) is 18.2 Å². The van der Waals surface area contributed by atoms with Gasteiger partial charge in [-0.2, -0.15) is 0 Å². The summed E-state index contributed by atoms with van der Waals surface area (Å²) in [7, 11) is -3.35. The highest BCUT2D eigenvalue weighted by atomic mass is 32.2. The largest absolute Gasteiger partial charge is 0.372 e. The van der Waals surface area contributed by atoms with Gasteiger partial charge in [-0.25, -0.2) is 13.1 Å². The standard InChI is InChI=1S/C9H11NO3S/c11-14(12,10-6-8-7-13-8)9-4-2-1-3-5-9/h1-5,8,10H,6-7H2/t8-/m1/s1. The topological polar surface area (TPSA) is 58.7 Å². The van der Waals surface area contributed by atoms with E-state index in [2.05, 4.69) is 4.72 Å². The van der Waals surface area contributed by atoms with E-state index >= 15 is 0 Å². The second-order valence-electron chi connectivity index (χ2n) is 3.12. The molecule has 1 atom stereocenters. The number of nitrogens with one attached hydrogen (secondary N) is 1. The Balaban J connectivity index is 2.07. The molecule has 0 bridgehead atoms. The van der Waals surface area contributed by atoms with Crippen molar-refractivity contribution in [2.45, 2.75) is 11.0 Å². The van der Waals surface area contributed by atoms with Crippen LogP contribution in [-0.4, -0.2) is 27.7 Å². The first-order valence-electron chi connectivity index (χ1n) is 4.35. The molecule has 0 amide bonds. The van der Waals surface area contributed by atoms with E-state index in [9.17, 15) is 8.42 Å². The highest BCUT2D eigenvalue weighted by Gasteiger charge is 2.24. The van der Waals surface area contributed by atoms with E-state index in [4.69, 9.17) is 4.74 Å². The number of rotatable bonds is 4. The lowest BCUT2D eigenvalue weighted by Crippen LogP contribution is -2.27. The van der Waals surface area contributed by atoms with Gasteiger partial charge in [-0.05, 0) is 12.1 Å². The second kappa shape index (κ2) is 3.68. The van der Waals surface area contributed by atoms with Crippen molar-refractivity contribution in [3.8, 4) is 0 Å². The van der Waals surface area contributed by atoms with Crippen molar-refractivity contribution in [2.24, 2.45) is 0 Å². The minimum atomic E-state index is -3.35. The number of benzene rings is 1. The van der Waals surface area contributed by atoms with Crippen LogP contribution in [0.25, 0.3) is 0 Å². The molecule has 1 saturated heterocycles. The van der Waals surface area contributed by atoms with Gasteiger partial charge < -0.3 is 4.74 Å². The first kappa shape index (κ1) is 9.64. The fraction of sp³-hybridized carbons (Fsp3) is 0.333. The molecule has 4 nitrogen and oxygen atoms in total. The number of hydrogen-bond acceptors (Lipinski definition) is 3. The molecule has 1 aliphatic rings. The van der Waals surface area contributed by atoms with Gasteiger partial charge in [-0.3, -0.25) is 0 Å². The SMILES string of the molecule is O=S(=O)(NC[C@@H]1CO1)c1ccccc1. The summed E-state index contributed by atoms with van der Waals surface area (Å²) >= 11 is 0. The Bertz CT molecular complexity index is 397.